The summed E-state index contributed by atoms with van der Waals surface area (Å²) in [5.41, 5.74) is 0. The topological polar surface area (TPSA) is 26.3 Å². The lowest BCUT2D eigenvalue weighted by molar-refractivity contribution is -0.136. The molecule has 0 aliphatic rings. The summed E-state index contributed by atoms with van der Waals surface area (Å²) in [6.07, 6.45) is 0. The lowest BCUT2D eigenvalue weighted by atomic mass is 10.6. The van der Waals surface area contributed by atoms with Crippen LogP contribution in [0, 0.1) is 0 Å². The summed E-state index contributed by atoms with van der Waals surface area (Å²) in [6, 6.07) is 0. The summed E-state index contributed by atoms with van der Waals surface area (Å²) in [7, 11) is 0. The van der Waals surface area contributed by atoms with Gasteiger partial charge in [0.1, 0.15) is 0 Å². The Kier molecular flexibility index (Phi) is 8.87. The van der Waals surface area contributed by atoms with Crippen molar-refractivity contribution in [2.24, 2.45) is 0 Å². The van der Waals surface area contributed by atoms with E-state index in [1.807, 2.05) is 13.8 Å². The average molecular weight is 130 g/mol. The lowest BCUT2D eigenvalue weighted by Gasteiger charge is -1.93. The van der Waals surface area contributed by atoms with Crippen molar-refractivity contribution < 1.29 is 9.53 Å². The number of carbonyl (C=O) groups excluding carboxylic acids is 1. The number of carbonyl (C=O) groups is 1. The van der Waals surface area contributed by atoms with Crippen LogP contribution in [-0.4, -0.2) is 5.97 Å². The Balaban J connectivity index is 0. The first-order valence-electron chi connectivity index (χ1n) is 2.97. The maximum Gasteiger partial charge on any atom is 0.307 e. The minimum absolute atomic E-state index is 0.312. The maximum atomic E-state index is 9.97. The number of hydrogen-bond acceptors (Lipinski definition) is 2. The molecule has 0 amide bonds. The van der Waals surface area contributed by atoms with E-state index in [2.05, 4.69) is 11.3 Å². The molecule has 0 heterocycles. The third-order valence-corrected chi connectivity index (χ3v) is 0.318. The minimum Gasteiger partial charge on any atom is -0.432 e. The molecule has 0 aliphatic heterocycles. The number of esters is 1. The molecule has 54 valence electrons. The average Bonchev–Trinajstić information content (AvgIpc) is 1.68. The van der Waals surface area contributed by atoms with Crippen LogP contribution in [0.3, 0.4) is 0 Å². The Morgan fingerprint density at radius 1 is 1.33 bits per heavy atom. The van der Waals surface area contributed by atoms with Gasteiger partial charge in [-0.05, 0) is 6.92 Å². The van der Waals surface area contributed by atoms with Crippen molar-refractivity contribution in [1.82, 2.24) is 0 Å². The summed E-state index contributed by atoms with van der Waals surface area (Å²) in [4.78, 5) is 9.97. The van der Waals surface area contributed by atoms with Crippen molar-refractivity contribution in [2.45, 2.75) is 27.7 Å². The van der Waals surface area contributed by atoms with Crippen molar-refractivity contribution in [3.63, 3.8) is 0 Å². The van der Waals surface area contributed by atoms with E-state index in [-0.39, 0.29) is 5.97 Å². The van der Waals surface area contributed by atoms with Crippen molar-refractivity contribution in [2.75, 3.05) is 0 Å². The van der Waals surface area contributed by atoms with Crippen LogP contribution in [0.15, 0.2) is 12.3 Å². The molecule has 0 bridgehead atoms. The normalized spacial score (nSPS) is 6.67. The molecule has 0 aromatic carbocycles. The van der Waals surface area contributed by atoms with E-state index in [0.29, 0.717) is 5.76 Å². The summed E-state index contributed by atoms with van der Waals surface area (Å²) >= 11 is 0. The predicted octanol–water partition coefficient (Wildman–Crippen LogP) is 2.11. The van der Waals surface area contributed by atoms with Gasteiger partial charge in [0.05, 0.1) is 5.76 Å². The second-order valence-electron chi connectivity index (χ2n) is 1.30. The zero-order valence-corrected chi connectivity index (χ0v) is 6.52. The molecule has 0 aromatic heterocycles. The van der Waals surface area contributed by atoms with E-state index < -0.39 is 0 Å². The Hall–Kier alpha value is -0.790. The summed E-state index contributed by atoms with van der Waals surface area (Å²) in [5.74, 6) is 0.125. The van der Waals surface area contributed by atoms with Gasteiger partial charge in [0.2, 0.25) is 0 Å². The van der Waals surface area contributed by atoms with E-state index in [0.717, 1.165) is 0 Å². The van der Waals surface area contributed by atoms with Crippen LogP contribution in [0.1, 0.15) is 27.7 Å². The fraction of sp³-hybridized carbons (Fsp3) is 0.571. The molecule has 9 heavy (non-hydrogen) atoms. The number of hydrogen-bond donors (Lipinski definition) is 0. The second kappa shape index (κ2) is 7.21. The van der Waals surface area contributed by atoms with E-state index in [1.54, 1.807) is 6.92 Å². The minimum atomic E-state index is -0.312. The van der Waals surface area contributed by atoms with Crippen molar-refractivity contribution in [3.05, 3.63) is 12.3 Å². The fourth-order valence-electron chi connectivity index (χ4n) is 0.245. The highest BCUT2D eigenvalue weighted by atomic mass is 16.5. The third kappa shape index (κ3) is 19.0. The van der Waals surface area contributed by atoms with Crippen molar-refractivity contribution in [3.8, 4) is 0 Å². The first-order valence-corrected chi connectivity index (χ1v) is 2.97. The highest BCUT2D eigenvalue weighted by Crippen LogP contribution is 1.87. The zero-order chi connectivity index (χ0) is 7.86. The van der Waals surface area contributed by atoms with E-state index in [1.165, 1.54) is 6.92 Å². The Morgan fingerprint density at radius 2 is 1.67 bits per heavy atom. The van der Waals surface area contributed by atoms with Gasteiger partial charge in [-0.25, -0.2) is 0 Å². The molecule has 0 aromatic rings. The quantitative estimate of drug-likeness (QED) is 0.401. The zero-order valence-electron chi connectivity index (χ0n) is 6.52. The molecule has 0 radical (unpaired) electrons. The van der Waals surface area contributed by atoms with E-state index in [9.17, 15) is 4.79 Å². The molecule has 0 N–H and O–H groups in total. The van der Waals surface area contributed by atoms with E-state index >= 15 is 0 Å². The monoisotopic (exact) mass is 130 g/mol. The largest absolute Gasteiger partial charge is 0.432 e. The van der Waals surface area contributed by atoms with E-state index in [4.69, 9.17) is 0 Å². The number of rotatable bonds is 1. The van der Waals surface area contributed by atoms with Gasteiger partial charge in [0.15, 0.2) is 0 Å². The van der Waals surface area contributed by atoms with Gasteiger partial charge in [-0.3, -0.25) is 4.79 Å². The number of ether oxygens (including phenoxy) is 1. The molecule has 2 heteroatoms. The van der Waals surface area contributed by atoms with Crippen molar-refractivity contribution in [1.29, 1.82) is 0 Å². The first kappa shape index (κ1) is 11.1. The second-order valence-corrected chi connectivity index (χ2v) is 1.30. The van der Waals surface area contributed by atoms with Crippen LogP contribution < -0.4 is 0 Å². The van der Waals surface area contributed by atoms with Gasteiger partial charge >= 0.3 is 5.97 Å². The van der Waals surface area contributed by atoms with Gasteiger partial charge in [0, 0.05) is 6.92 Å². The lowest BCUT2D eigenvalue weighted by Crippen LogP contribution is -1.93. The van der Waals surface area contributed by atoms with Gasteiger partial charge in [-0.2, -0.15) is 0 Å². The Morgan fingerprint density at radius 3 is 1.67 bits per heavy atom. The highest BCUT2D eigenvalue weighted by molar-refractivity contribution is 5.67. The molecule has 0 unspecified atom stereocenters. The van der Waals surface area contributed by atoms with Crippen LogP contribution in [-0.2, 0) is 9.53 Å². The molecule has 0 aliphatic carbocycles. The maximum absolute atomic E-state index is 9.97. The molecular weight excluding hydrogens is 116 g/mol. The molecule has 0 saturated carbocycles. The predicted molar refractivity (Wildman–Crippen MR) is 37.9 cm³/mol. The van der Waals surface area contributed by atoms with Gasteiger partial charge in [-0.15, -0.1) is 0 Å². The molecule has 0 rings (SSSR count). The third-order valence-electron chi connectivity index (χ3n) is 0.318. The highest BCUT2D eigenvalue weighted by Gasteiger charge is 1.87. The van der Waals surface area contributed by atoms with Crippen LogP contribution in [0.2, 0.25) is 0 Å². The first-order chi connectivity index (χ1) is 4.13. The van der Waals surface area contributed by atoms with Crippen LogP contribution >= 0.6 is 0 Å². The molecule has 0 spiro atoms. The fourth-order valence-corrected chi connectivity index (χ4v) is 0.245. The molecule has 2 nitrogen and oxygen atoms in total. The van der Waals surface area contributed by atoms with Gasteiger partial charge in [-0.1, -0.05) is 20.4 Å². The summed E-state index contributed by atoms with van der Waals surface area (Å²) in [5, 5.41) is 0. The SMILES string of the molecule is C=C(C)OC(C)=O.CC. The Bertz CT molecular complexity index is 83.1. The molecule has 0 fully saturated rings. The van der Waals surface area contributed by atoms with Gasteiger partial charge in [0.25, 0.3) is 0 Å². The van der Waals surface area contributed by atoms with Crippen LogP contribution in [0.25, 0.3) is 0 Å². The summed E-state index contributed by atoms with van der Waals surface area (Å²) in [6.45, 7) is 10.3. The molecule has 0 saturated heterocycles. The van der Waals surface area contributed by atoms with Crippen LogP contribution in [0.5, 0.6) is 0 Å². The van der Waals surface area contributed by atoms with Crippen molar-refractivity contribution >= 4 is 5.97 Å². The van der Waals surface area contributed by atoms with Crippen LogP contribution in [0.4, 0.5) is 0 Å². The number of allylic oxidation sites excluding steroid dienone is 1. The molecular formula is C7H14O2. The molecule has 0 atom stereocenters. The van der Waals surface area contributed by atoms with Gasteiger partial charge < -0.3 is 4.74 Å². The summed E-state index contributed by atoms with van der Waals surface area (Å²) < 4.78 is 4.42. The standard InChI is InChI=1S/C5H8O2.C2H6/c1-4(2)7-5(3)6;1-2/h1H2,2-3H3;1-2H3. The smallest absolute Gasteiger partial charge is 0.307 e. The Labute approximate surface area is 56.5 Å².